The van der Waals surface area contributed by atoms with Gasteiger partial charge in [0.15, 0.2) is 0 Å². The van der Waals surface area contributed by atoms with Gasteiger partial charge in [-0.05, 0) is 30.9 Å². The van der Waals surface area contributed by atoms with Crippen LogP contribution in [0.1, 0.15) is 37.8 Å². The van der Waals surface area contributed by atoms with Gasteiger partial charge in [-0.3, -0.25) is 4.79 Å². The minimum Gasteiger partial charge on any atom is -0.389 e. The Kier molecular flexibility index (Phi) is 5.28. The molecule has 98 valence electrons. The maximum Gasteiger partial charge on any atom is 0.224 e. The standard InChI is InChI=1S/C14H20N2OS/c1-9(2)7-8-12(17)16-11-6-4-5-10(3)13(11)14(15)18/h4-6,9H,7-8H2,1-3H3,(H2,15,18)(H,16,17). The van der Waals surface area contributed by atoms with Gasteiger partial charge in [0, 0.05) is 12.0 Å². The minimum atomic E-state index is 0.00630. The van der Waals surface area contributed by atoms with Crippen molar-refractivity contribution in [2.24, 2.45) is 11.7 Å². The second kappa shape index (κ2) is 6.50. The fourth-order valence-corrected chi connectivity index (χ4v) is 2.00. The number of hydrogen-bond donors (Lipinski definition) is 2. The molecule has 1 rings (SSSR count). The molecule has 1 aromatic rings. The molecule has 0 saturated heterocycles. The molecule has 1 amide bonds. The average Bonchev–Trinajstić information content (AvgIpc) is 2.26. The summed E-state index contributed by atoms with van der Waals surface area (Å²) in [5.74, 6) is 0.523. The minimum absolute atomic E-state index is 0.00630. The number of hydrogen-bond acceptors (Lipinski definition) is 2. The van der Waals surface area contributed by atoms with E-state index in [2.05, 4.69) is 19.2 Å². The summed E-state index contributed by atoms with van der Waals surface area (Å²) in [6, 6.07) is 5.64. The number of nitrogens with one attached hydrogen (secondary N) is 1. The summed E-state index contributed by atoms with van der Waals surface area (Å²) in [5, 5.41) is 2.88. The summed E-state index contributed by atoms with van der Waals surface area (Å²) in [7, 11) is 0. The van der Waals surface area contributed by atoms with Crippen molar-refractivity contribution in [2.75, 3.05) is 5.32 Å². The summed E-state index contributed by atoms with van der Waals surface area (Å²) in [6.07, 6.45) is 1.39. The molecular formula is C14H20N2OS. The molecule has 3 nitrogen and oxygen atoms in total. The number of benzene rings is 1. The first-order valence-corrected chi connectivity index (χ1v) is 6.52. The first kappa shape index (κ1) is 14.6. The first-order chi connectivity index (χ1) is 8.41. The number of thiocarbonyl (C=S) groups is 1. The normalized spacial score (nSPS) is 10.4. The van der Waals surface area contributed by atoms with Crippen molar-refractivity contribution in [1.29, 1.82) is 0 Å². The maximum absolute atomic E-state index is 11.8. The smallest absolute Gasteiger partial charge is 0.224 e. The third kappa shape index (κ3) is 4.11. The molecule has 0 aliphatic carbocycles. The van der Waals surface area contributed by atoms with Gasteiger partial charge in [0.05, 0.1) is 5.69 Å². The lowest BCUT2D eigenvalue weighted by Gasteiger charge is -2.13. The van der Waals surface area contributed by atoms with Crippen molar-refractivity contribution in [3.8, 4) is 0 Å². The fourth-order valence-electron chi connectivity index (χ4n) is 1.73. The van der Waals surface area contributed by atoms with Crippen LogP contribution in [0.2, 0.25) is 0 Å². The van der Waals surface area contributed by atoms with Gasteiger partial charge < -0.3 is 11.1 Å². The highest BCUT2D eigenvalue weighted by Crippen LogP contribution is 2.20. The predicted octanol–water partition coefficient (Wildman–Crippen LogP) is 3.00. The molecule has 1 aromatic carbocycles. The van der Waals surface area contributed by atoms with Crippen LogP contribution in [0.3, 0.4) is 0 Å². The van der Waals surface area contributed by atoms with E-state index in [1.54, 1.807) is 0 Å². The highest BCUT2D eigenvalue weighted by Gasteiger charge is 2.11. The van der Waals surface area contributed by atoms with E-state index in [1.165, 1.54) is 0 Å². The van der Waals surface area contributed by atoms with Crippen LogP contribution >= 0.6 is 12.2 Å². The molecule has 0 saturated carbocycles. The lowest BCUT2D eigenvalue weighted by Crippen LogP contribution is -2.18. The molecule has 0 bridgehead atoms. The van der Waals surface area contributed by atoms with Crippen LogP contribution < -0.4 is 11.1 Å². The van der Waals surface area contributed by atoms with Gasteiger partial charge in [0.2, 0.25) is 5.91 Å². The number of aryl methyl sites for hydroxylation is 1. The molecule has 0 fully saturated rings. The lowest BCUT2D eigenvalue weighted by atomic mass is 10.1. The van der Waals surface area contributed by atoms with E-state index < -0.39 is 0 Å². The topological polar surface area (TPSA) is 55.1 Å². The van der Waals surface area contributed by atoms with Crippen LogP contribution in [0, 0.1) is 12.8 Å². The summed E-state index contributed by atoms with van der Waals surface area (Å²) >= 11 is 5.02. The van der Waals surface area contributed by atoms with Crippen molar-refractivity contribution in [3.63, 3.8) is 0 Å². The SMILES string of the molecule is Cc1cccc(NC(=O)CCC(C)C)c1C(N)=S. The van der Waals surface area contributed by atoms with Crippen molar-refractivity contribution in [1.82, 2.24) is 0 Å². The molecule has 3 N–H and O–H groups in total. The van der Waals surface area contributed by atoms with Crippen molar-refractivity contribution in [2.45, 2.75) is 33.6 Å². The third-order valence-corrected chi connectivity index (χ3v) is 2.95. The van der Waals surface area contributed by atoms with Gasteiger partial charge in [0.1, 0.15) is 4.99 Å². The van der Waals surface area contributed by atoms with Crippen molar-refractivity contribution in [3.05, 3.63) is 29.3 Å². The van der Waals surface area contributed by atoms with Gasteiger partial charge in [0.25, 0.3) is 0 Å². The quantitative estimate of drug-likeness (QED) is 0.804. The maximum atomic E-state index is 11.8. The van der Waals surface area contributed by atoms with Gasteiger partial charge in [-0.25, -0.2) is 0 Å². The van der Waals surface area contributed by atoms with Crippen LogP contribution in [0.4, 0.5) is 5.69 Å². The van der Waals surface area contributed by atoms with Crippen molar-refractivity contribution < 1.29 is 4.79 Å². The molecule has 0 radical (unpaired) electrons. The van der Waals surface area contributed by atoms with E-state index in [0.717, 1.165) is 17.5 Å². The molecule has 0 atom stereocenters. The first-order valence-electron chi connectivity index (χ1n) is 6.11. The highest BCUT2D eigenvalue weighted by atomic mass is 32.1. The van der Waals surface area contributed by atoms with Crippen molar-refractivity contribution >= 4 is 28.8 Å². The van der Waals surface area contributed by atoms with E-state index >= 15 is 0 Å². The van der Waals surface area contributed by atoms with Gasteiger partial charge in [-0.15, -0.1) is 0 Å². The predicted molar refractivity (Wildman–Crippen MR) is 79.8 cm³/mol. The lowest BCUT2D eigenvalue weighted by molar-refractivity contribution is -0.116. The largest absolute Gasteiger partial charge is 0.389 e. The Labute approximate surface area is 114 Å². The number of rotatable bonds is 5. The zero-order chi connectivity index (χ0) is 13.7. The molecule has 0 aliphatic rings. The van der Waals surface area contributed by atoms with Crippen LogP contribution in [0.25, 0.3) is 0 Å². The molecular weight excluding hydrogens is 244 g/mol. The van der Waals surface area contributed by atoms with Crippen LogP contribution in [-0.2, 0) is 4.79 Å². The fraction of sp³-hybridized carbons (Fsp3) is 0.429. The molecule has 18 heavy (non-hydrogen) atoms. The average molecular weight is 264 g/mol. The number of carbonyl (C=O) groups is 1. The van der Waals surface area contributed by atoms with E-state index in [-0.39, 0.29) is 5.91 Å². The summed E-state index contributed by atoms with van der Waals surface area (Å²) < 4.78 is 0. The number of carbonyl (C=O) groups excluding carboxylic acids is 1. The Bertz CT molecular complexity index is 455. The van der Waals surface area contributed by atoms with Gasteiger partial charge in [-0.1, -0.05) is 38.2 Å². The van der Waals surface area contributed by atoms with Gasteiger partial charge >= 0.3 is 0 Å². The van der Waals surface area contributed by atoms with Crippen LogP contribution in [0.15, 0.2) is 18.2 Å². The highest BCUT2D eigenvalue weighted by molar-refractivity contribution is 7.80. The van der Waals surface area contributed by atoms with Crippen LogP contribution in [-0.4, -0.2) is 10.9 Å². The Balaban J connectivity index is 2.81. The molecule has 0 aromatic heterocycles. The summed E-state index contributed by atoms with van der Waals surface area (Å²) in [4.78, 5) is 12.1. The zero-order valence-electron chi connectivity index (χ0n) is 11.1. The zero-order valence-corrected chi connectivity index (χ0v) is 11.9. The Morgan fingerprint density at radius 1 is 1.44 bits per heavy atom. The number of anilines is 1. The summed E-state index contributed by atoms with van der Waals surface area (Å²) in [6.45, 7) is 6.12. The van der Waals surface area contributed by atoms with E-state index in [1.807, 2.05) is 25.1 Å². The molecule has 4 heteroatoms. The Morgan fingerprint density at radius 2 is 2.11 bits per heavy atom. The molecule has 0 heterocycles. The van der Waals surface area contributed by atoms with Gasteiger partial charge in [-0.2, -0.15) is 0 Å². The Hall–Kier alpha value is -1.42. The number of amides is 1. The monoisotopic (exact) mass is 264 g/mol. The number of nitrogens with two attached hydrogens (primary N) is 1. The summed E-state index contributed by atoms with van der Waals surface area (Å²) in [5.41, 5.74) is 8.13. The molecule has 0 unspecified atom stereocenters. The van der Waals surface area contributed by atoms with E-state index in [0.29, 0.717) is 23.0 Å². The second-order valence-corrected chi connectivity index (χ2v) is 5.28. The van der Waals surface area contributed by atoms with E-state index in [4.69, 9.17) is 18.0 Å². The third-order valence-electron chi connectivity index (χ3n) is 2.74. The van der Waals surface area contributed by atoms with E-state index in [9.17, 15) is 4.79 Å². The Morgan fingerprint density at radius 3 is 2.67 bits per heavy atom. The molecule has 0 spiro atoms. The molecule has 0 aliphatic heterocycles. The second-order valence-electron chi connectivity index (χ2n) is 4.84. The van der Waals surface area contributed by atoms with Crippen LogP contribution in [0.5, 0.6) is 0 Å².